The third-order valence-electron chi connectivity index (χ3n) is 2.71. The van der Waals surface area contributed by atoms with Crippen LogP contribution in [-0.4, -0.2) is 18.5 Å². The Hall–Kier alpha value is -1.65. The van der Waals surface area contributed by atoms with Gasteiger partial charge in [-0.1, -0.05) is 30.3 Å². The molecular formula is C14H17N2O3P. The minimum atomic E-state index is -3.84. The minimum Gasteiger partial charge on any atom is -0.302 e. The molecule has 0 heterocycles. The Morgan fingerprint density at radius 3 is 2.25 bits per heavy atom. The van der Waals surface area contributed by atoms with E-state index in [0.717, 1.165) is 5.56 Å². The van der Waals surface area contributed by atoms with Crippen molar-refractivity contribution in [2.45, 2.75) is 25.5 Å². The molecule has 0 radical (unpaired) electrons. The van der Waals surface area contributed by atoms with Crippen molar-refractivity contribution < 1.29 is 13.6 Å². The summed E-state index contributed by atoms with van der Waals surface area (Å²) < 4.78 is 23.2. The molecule has 6 heteroatoms. The molecule has 1 aromatic carbocycles. The number of hydrogen-bond donors (Lipinski definition) is 0. The van der Waals surface area contributed by atoms with Gasteiger partial charge < -0.3 is 9.05 Å². The Balaban J connectivity index is 3.24. The second kappa shape index (κ2) is 7.22. The molecule has 0 fully saturated rings. The lowest BCUT2D eigenvalue weighted by Gasteiger charge is -2.23. The van der Waals surface area contributed by atoms with Gasteiger partial charge in [0.2, 0.25) is 0 Å². The highest BCUT2D eigenvalue weighted by Crippen LogP contribution is 2.61. The highest BCUT2D eigenvalue weighted by atomic mass is 31.2. The Kier molecular flexibility index (Phi) is 5.92. The molecule has 20 heavy (non-hydrogen) atoms. The SMILES string of the molecule is [C-]#[N+][C@](C#N)(Cc1ccccc1)P(=O)(OCC)OCC. The van der Waals surface area contributed by atoms with Crippen LogP contribution < -0.4 is 0 Å². The molecule has 0 saturated carbocycles. The molecule has 0 N–H and O–H groups in total. The molecule has 106 valence electrons. The second-order valence-corrected chi connectivity index (χ2v) is 6.29. The quantitative estimate of drug-likeness (QED) is 0.568. The van der Waals surface area contributed by atoms with E-state index in [0.29, 0.717) is 0 Å². The van der Waals surface area contributed by atoms with Gasteiger partial charge in [-0.05, 0) is 19.4 Å². The van der Waals surface area contributed by atoms with Crippen molar-refractivity contribution in [3.63, 3.8) is 0 Å². The van der Waals surface area contributed by atoms with Crippen molar-refractivity contribution in [2.75, 3.05) is 13.2 Å². The topological polar surface area (TPSA) is 63.7 Å². The van der Waals surface area contributed by atoms with Gasteiger partial charge in [0.25, 0.3) is 0 Å². The summed E-state index contributed by atoms with van der Waals surface area (Å²) in [4.78, 5) is 3.32. The van der Waals surface area contributed by atoms with Crippen molar-refractivity contribution in [3.05, 3.63) is 47.3 Å². The van der Waals surface area contributed by atoms with Crippen molar-refractivity contribution in [3.8, 4) is 6.07 Å². The van der Waals surface area contributed by atoms with Crippen LogP contribution in [0.3, 0.4) is 0 Å². The zero-order valence-corrected chi connectivity index (χ0v) is 12.5. The van der Waals surface area contributed by atoms with Crippen molar-refractivity contribution in [2.24, 2.45) is 0 Å². The Morgan fingerprint density at radius 1 is 1.30 bits per heavy atom. The number of hydrogen-bond acceptors (Lipinski definition) is 4. The van der Waals surface area contributed by atoms with E-state index in [-0.39, 0.29) is 19.6 Å². The van der Waals surface area contributed by atoms with Crippen LogP contribution in [0.4, 0.5) is 0 Å². The average molecular weight is 292 g/mol. The molecule has 0 spiro atoms. The van der Waals surface area contributed by atoms with E-state index >= 15 is 0 Å². The van der Waals surface area contributed by atoms with Crippen LogP contribution in [0.2, 0.25) is 0 Å². The molecule has 1 rings (SSSR count). The predicted molar refractivity (Wildman–Crippen MR) is 76.0 cm³/mol. The molecule has 0 saturated heterocycles. The second-order valence-electron chi connectivity index (χ2n) is 4.04. The molecule has 5 nitrogen and oxygen atoms in total. The maximum absolute atomic E-state index is 12.8. The summed E-state index contributed by atoms with van der Waals surface area (Å²) in [5, 5.41) is 7.58. The summed E-state index contributed by atoms with van der Waals surface area (Å²) in [6, 6.07) is 10.8. The molecule has 0 aliphatic heterocycles. The average Bonchev–Trinajstić information content (AvgIpc) is 2.46. The number of benzene rings is 1. The fourth-order valence-electron chi connectivity index (χ4n) is 1.79. The summed E-state index contributed by atoms with van der Waals surface area (Å²) >= 11 is 0. The monoisotopic (exact) mass is 292 g/mol. The lowest BCUT2D eigenvalue weighted by atomic mass is 10.1. The summed E-state index contributed by atoms with van der Waals surface area (Å²) in [5.41, 5.74) is 0.740. The smallest absolute Gasteiger partial charge is 0.302 e. The number of nitrogens with zero attached hydrogens (tertiary/aromatic N) is 2. The van der Waals surface area contributed by atoms with E-state index in [4.69, 9.17) is 15.6 Å². The van der Waals surface area contributed by atoms with E-state index in [1.54, 1.807) is 38.1 Å². The first-order valence-corrected chi connectivity index (χ1v) is 7.84. The van der Waals surface area contributed by atoms with Crippen molar-refractivity contribution in [1.29, 1.82) is 5.26 Å². The third kappa shape index (κ3) is 3.26. The van der Waals surface area contributed by atoms with Crippen LogP contribution in [0.25, 0.3) is 4.85 Å². The van der Waals surface area contributed by atoms with Gasteiger partial charge in [-0.15, -0.1) is 0 Å². The highest BCUT2D eigenvalue weighted by Gasteiger charge is 2.59. The molecule has 0 unspecified atom stereocenters. The van der Waals surface area contributed by atoms with Crippen molar-refractivity contribution in [1.82, 2.24) is 0 Å². The van der Waals surface area contributed by atoms with Crippen LogP contribution in [0.1, 0.15) is 19.4 Å². The van der Waals surface area contributed by atoms with Gasteiger partial charge >= 0.3 is 12.9 Å². The van der Waals surface area contributed by atoms with Gasteiger partial charge in [-0.2, -0.15) is 5.26 Å². The maximum Gasteiger partial charge on any atom is 0.431 e. The summed E-state index contributed by atoms with van der Waals surface area (Å²) in [7, 11) is -3.84. The lowest BCUT2D eigenvalue weighted by molar-refractivity contribution is 0.208. The molecule has 0 bridgehead atoms. The zero-order chi connectivity index (χ0) is 15.1. The zero-order valence-electron chi connectivity index (χ0n) is 11.6. The number of nitriles is 1. The molecule has 0 aromatic heterocycles. The van der Waals surface area contributed by atoms with E-state index in [1.165, 1.54) is 0 Å². The van der Waals surface area contributed by atoms with Gasteiger partial charge in [-0.3, -0.25) is 4.85 Å². The largest absolute Gasteiger partial charge is 0.431 e. The van der Waals surface area contributed by atoms with Gasteiger partial charge in [0.05, 0.1) is 19.6 Å². The number of rotatable bonds is 7. The van der Waals surface area contributed by atoms with Gasteiger partial charge in [0.1, 0.15) is 0 Å². The van der Waals surface area contributed by atoms with E-state index in [2.05, 4.69) is 4.85 Å². The van der Waals surface area contributed by atoms with E-state index < -0.39 is 12.9 Å². The van der Waals surface area contributed by atoms with Gasteiger partial charge in [0, 0.05) is 0 Å². The van der Waals surface area contributed by atoms with E-state index in [1.807, 2.05) is 12.1 Å². The van der Waals surface area contributed by atoms with Crippen molar-refractivity contribution >= 4 is 7.60 Å². The fraction of sp³-hybridized carbons (Fsp3) is 0.429. The predicted octanol–water partition coefficient (Wildman–Crippen LogP) is 3.63. The normalized spacial score (nSPS) is 14.0. The summed E-state index contributed by atoms with van der Waals surface area (Å²) in [5.74, 6) is 0. The van der Waals surface area contributed by atoms with E-state index in [9.17, 15) is 9.83 Å². The van der Waals surface area contributed by atoms with Gasteiger partial charge in [-0.25, -0.2) is 11.1 Å². The Labute approximate surface area is 119 Å². The van der Waals surface area contributed by atoms with Crippen LogP contribution in [0.5, 0.6) is 0 Å². The molecule has 1 aromatic rings. The molecule has 0 aliphatic carbocycles. The molecule has 0 aliphatic rings. The first-order valence-electron chi connectivity index (χ1n) is 6.30. The molecular weight excluding hydrogens is 275 g/mol. The van der Waals surface area contributed by atoms with Crippen LogP contribution in [-0.2, 0) is 20.0 Å². The molecule has 1 atom stereocenters. The molecule has 0 amide bonds. The highest BCUT2D eigenvalue weighted by molar-refractivity contribution is 7.56. The first-order chi connectivity index (χ1) is 9.57. The minimum absolute atomic E-state index is 0.00508. The van der Waals surface area contributed by atoms with Crippen LogP contribution in [0.15, 0.2) is 30.3 Å². The summed E-state index contributed by atoms with van der Waals surface area (Å²) in [6.07, 6.45) is 0.00508. The van der Waals surface area contributed by atoms with Crippen LogP contribution in [0, 0.1) is 17.9 Å². The van der Waals surface area contributed by atoms with Gasteiger partial charge in [0.15, 0.2) is 6.07 Å². The van der Waals surface area contributed by atoms with Crippen LogP contribution >= 0.6 is 7.60 Å². The lowest BCUT2D eigenvalue weighted by Crippen LogP contribution is -2.28. The maximum atomic E-state index is 12.8. The Morgan fingerprint density at radius 2 is 1.85 bits per heavy atom. The summed E-state index contributed by atoms with van der Waals surface area (Å²) in [6.45, 7) is 10.9. The third-order valence-corrected chi connectivity index (χ3v) is 5.17. The Bertz CT molecular complexity index is 536. The fourth-order valence-corrected chi connectivity index (χ4v) is 3.60. The standard InChI is InChI=1S/C14H17N2O3P/c1-4-18-20(17,19-5-2)14(12-15,16-3)11-13-9-7-6-8-10-13/h6-10H,4-5,11H2,1-2H3/t14-/m1/s1. The first kappa shape index (κ1) is 16.4.